The molecule has 1 aliphatic rings. The normalized spacial score (nSPS) is 23.0. The van der Waals surface area contributed by atoms with Gasteiger partial charge in [0, 0.05) is 30.6 Å². The van der Waals surface area contributed by atoms with Crippen LogP contribution in [0, 0.1) is 11.7 Å². The molecule has 0 aliphatic heterocycles. The zero-order chi connectivity index (χ0) is 16.1. The highest BCUT2D eigenvalue weighted by Gasteiger charge is 2.34. The van der Waals surface area contributed by atoms with Crippen molar-refractivity contribution >= 4 is 24.2 Å². The Morgan fingerprint density at radius 3 is 2.35 bits per heavy atom. The van der Waals surface area contributed by atoms with Crippen molar-refractivity contribution in [2.75, 3.05) is 13.1 Å². The second-order valence-electron chi connectivity index (χ2n) is 5.45. The summed E-state index contributed by atoms with van der Waals surface area (Å²) in [6, 6.07) is 4.86. The van der Waals surface area contributed by atoms with Crippen molar-refractivity contribution < 1.29 is 19.1 Å². The van der Waals surface area contributed by atoms with E-state index in [4.69, 9.17) is 5.73 Å². The number of hydrogen-bond acceptors (Lipinski definition) is 4. The lowest BCUT2D eigenvalue weighted by atomic mass is 10.1. The van der Waals surface area contributed by atoms with Crippen molar-refractivity contribution in [3.63, 3.8) is 0 Å². The summed E-state index contributed by atoms with van der Waals surface area (Å²) in [6.07, 6.45) is 0.207. The molecule has 1 aromatic carbocycles. The van der Waals surface area contributed by atoms with Crippen molar-refractivity contribution in [1.82, 2.24) is 10.6 Å². The van der Waals surface area contributed by atoms with Gasteiger partial charge in [-0.05, 0) is 37.1 Å². The van der Waals surface area contributed by atoms with Crippen molar-refractivity contribution in [2.45, 2.75) is 25.0 Å². The molecule has 8 heteroatoms. The Morgan fingerprint density at radius 1 is 1.17 bits per heavy atom. The van der Waals surface area contributed by atoms with Crippen LogP contribution in [0.5, 0.6) is 0 Å². The molecule has 0 heterocycles. The summed E-state index contributed by atoms with van der Waals surface area (Å²) < 4.78 is 12.7. The predicted octanol–water partition coefficient (Wildman–Crippen LogP) is 0.192. The van der Waals surface area contributed by atoms with Gasteiger partial charge in [-0.1, -0.05) is 0 Å². The Bertz CT molecular complexity index is 531. The Kier molecular flexibility index (Phi) is 7.41. The predicted molar refractivity (Wildman–Crippen MR) is 85.7 cm³/mol. The zero-order valence-electron chi connectivity index (χ0n) is 12.5. The lowest BCUT2D eigenvalue weighted by molar-refractivity contribution is -0.125. The quantitative estimate of drug-likeness (QED) is 0.572. The summed E-state index contributed by atoms with van der Waals surface area (Å²) in [5, 5.41) is 14.9. The van der Waals surface area contributed by atoms with Crippen molar-refractivity contribution in [1.29, 1.82) is 0 Å². The molecule has 5 N–H and O–H groups in total. The summed E-state index contributed by atoms with van der Waals surface area (Å²) in [5.74, 6) is -1.17. The molecular weight excluding hydrogens is 325 g/mol. The van der Waals surface area contributed by atoms with Crippen LogP contribution >= 0.6 is 12.4 Å². The van der Waals surface area contributed by atoms with Crippen LogP contribution in [0.3, 0.4) is 0 Å². The number of aliphatic hydroxyl groups excluding tert-OH is 1. The van der Waals surface area contributed by atoms with Gasteiger partial charge < -0.3 is 21.5 Å². The number of nitrogens with one attached hydrogen (secondary N) is 2. The monoisotopic (exact) mass is 345 g/mol. The third kappa shape index (κ3) is 5.46. The van der Waals surface area contributed by atoms with Crippen LogP contribution in [0.2, 0.25) is 0 Å². The second kappa shape index (κ2) is 8.81. The maximum atomic E-state index is 12.7. The third-order valence-electron chi connectivity index (χ3n) is 3.76. The molecule has 2 rings (SSSR count). The summed E-state index contributed by atoms with van der Waals surface area (Å²) in [4.78, 5) is 23.6. The van der Waals surface area contributed by atoms with E-state index >= 15 is 0 Å². The first-order valence-corrected chi connectivity index (χ1v) is 7.22. The van der Waals surface area contributed by atoms with Crippen LogP contribution in [-0.4, -0.2) is 42.2 Å². The lowest BCUT2D eigenvalue weighted by Gasteiger charge is -2.11. The topological polar surface area (TPSA) is 104 Å². The van der Waals surface area contributed by atoms with E-state index < -0.39 is 11.9 Å². The summed E-state index contributed by atoms with van der Waals surface area (Å²) >= 11 is 0. The van der Waals surface area contributed by atoms with Gasteiger partial charge in [0.1, 0.15) is 5.82 Å². The lowest BCUT2D eigenvalue weighted by Crippen LogP contribution is -2.37. The average molecular weight is 346 g/mol. The smallest absolute Gasteiger partial charge is 0.251 e. The second-order valence-corrected chi connectivity index (χ2v) is 5.45. The van der Waals surface area contributed by atoms with Gasteiger partial charge in [-0.15, -0.1) is 12.4 Å². The molecule has 0 aromatic heterocycles. The largest absolute Gasteiger partial charge is 0.391 e. The molecule has 128 valence electrons. The number of carbonyl (C=O) groups is 2. The number of benzene rings is 1. The van der Waals surface area contributed by atoms with Gasteiger partial charge in [-0.2, -0.15) is 0 Å². The molecular formula is C15H21ClFN3O3. The standard InChI is InChI=1S/C15H20FN3O3.ClH/c16-11-3-1-9(2-4-11)14(21)18-5-6-19-15(22)10-7-12(17)13(20)8-10;/h1-4,10,12-13,20H,5-8,17H2,(H,18,21)(H,19,22);1H/t10-,12-,13-;/m0./s1. The fourth-order valence-electron chi connectivity index (χ4n) is 2.47. The van der Waals surface area contributed by atoms with E-state index in [-0.39, 0.29) is 49.3 Å². The number of rotatable bonds is 5. The van der Waals surface area contributed by atoms with Crippen LogP contribution < -0.4 is 16.4 Å². The highest BCUT2D eigenvalue weighted by atomic mass is 35.5. The van der Waals surface area contributed by atoms with E-state index in [9.17, 15) is 19.1 Å². The van der Waals surface area contributed by atoms with Crippen LogP contribution in [0.4, 0.5) is 4.39 Å². The minimum Gasteiger partial charge on any atom is -0.391 e. The Balaban J connectivity index is 0.00000264. The molecule has 6 nitrogen and oxygen atoms in total. The molecule has 3 atom stereocenters. The van der Waals surface area contributed by atoms with Crippen molar-refractivity contribution in [2.24, 2.45) is 11.7 Å². The van der Waals surface area contributed by atoms with Gasteiger partial charge in [0.25, 0.3) is 5.91 Å². The average Bonchev–Trinajstić information content (AvgIpc) is 2.83. The Morgan fingerprint density at radius 2 is 1.78 bits per heavy atom. The van der Waals surface area contributed by atoms with Gasteiger partial charge in [0.05, 0.1) is 6.10 Å². The van der Waals surface area contributed by atoms with Gasteiger partial charge in [0.2, 0.25) is 5.91 Å². The summed E-state index contributed by atoms with van der Waals surface area (Å²) in [5.41, 5.74) is 6.02. The van der Waals surface area contributed by atoms with Gasteiger partial charge in [-0.3, -0.25) is 9.59 Å². The summed E-state index contributed by atoms with van der Waals surface area (Å²) in [6.45, 7) is 0.552. The number of aliphatic hydroxyl groups is 1. The van der Waals surface area contributed by atoms with Crippen LogP contribution in [0.25, 0.3) is 0 Å². The zero-order valence-corrected chi connectivity index (χ0v) is 13.3. The van der Waals surface area contributed by atoms with E-state index in [0.717, 1.165) is 0 Å². The molecule has 1 aromatic rings. The molecule has 0 unspecified atom stereocenters. The molecule has 1 fully saturated rings. The minimum atomic E-state index is -0.631. The first kappa shape index (κ1) is 19.3. The maximum absolute atomic E-state index is 12.7. The summed E-state index contributed by atoms with van der Waals surface area (Å²) in [7, 11) is 0. The van der Waals surface area contributed by atoms with Crippen molar-refractivity contribution in [3.8, 4) is 0 Å². The third-order valence-corrected chi connectivity index (χ3v) is 3.76. The molecule has 2 amide bonds. The van der Waals surface area contributed by atoms with E-state index in [1.165, 1.54) is 24.3 Å². The van der Waals surface area contributed by atoms with E-state index in [1.807, 2.05) is 0 Å². The maximum Gasteiger partial charge on any atom is 0.251 e. The fraction of sp³-hybridized carbons (Fsp3) is 0.467. The first-order chi connectivity index (χ1) is 10.5. The van der Waals surface area contributed by atoms with Crippen LogP contribution in [0.1, 0.15) is 23.2 Å². The number of carbonyl (C=O) groups excluding carboxylic acids is 2. The number of amides is 2. The van der Waals surface area contributed by atoms with E-state index in [0.29, 0.717) is 18.4 Å². The van der Waals surface area contributed by atoms with E-state index in [1.54, 1.807) is 0 Å². The molecule has 0 bridgehead atoms. The van der Waals surface area contributed by atoms with Crippen LogP contribution in [-0.2, 0) is 4.79 Å². The molecule has 0 spiro atoms. The molecule has 1 saturated carbocycles. The molecule has 0 saturated heterocycles. The van der Waals surface area contributed by atoms with Gasteiger partial charge in [-0.25, -0.2) is 4.39 Å². The van der Waals surface area contributed by atoms with Gasteiger partial charge in [0.15, 0.2) is 0 Å². The molecule has 0 radical (unpaired) electrons. The highest BCUT2D eigenvalue weighted by molar-refractivity contribution is 5.94. The van der Waals surface area contributed by atoms with E-state index in [2.05, 4.69) is 10.6 Å². The first-order valence-electron chi connectivity index (χ1n) is 7.22. The number of hydrogen-bond donors (Lipinski definition) is 4. The number of nitrogens with two attached hydrogens (primary N) is 1. The van der Waals surface area contributed by atoms with Gasteiger partial charge >= 0.3 is 0 Å². The van der Waals surface area contributed by atoms with Crippen LogP contribution in [0.15, 0.2) is 24.3 Å². The Hall–Kier alpha value is -1.70. The fourth-order valence-corrected chi connectivity index (χ4v) is 2.47. The molecule has 1 aliphatic carbocycles. The Labute approximate surface area is 140 Å². The van der Waals surface area contributed by atoms with Crippen molar-refractivity contribution in [3.05, 3.63) is 35.6 Å². The highest BCUT2D eigenvalue weighted by Crippen LogP contribution is 2.24. The minimum absolute atomic E-state index is 0. The SMILES string of the molecule is Cl.N[C@H]1C[C@H](C(=O)NCCNC(=O)c2ccc(F)cc2)C[C@@H]1O. The molecule has 23 heavy (non-hydrogen) atoms. The number of halogens is 2.